The number of amides is 1. The second-order valence-electron chi connectivity index (χ2n) is 7.41. The SMILES string of the molecule is C=CCn1c(SCC(=O)Nc2sc(C)cc2C(=O)OC)nnc1-c1ccc(C(C)C)cc1. The molecule has 0 radical (unpaired) electrons. The molecule has 0 bridgehead atoms. The van der Waals surface area contributed by atoms with Crippen molar-refractivity contribution in [2.45, 2.75) is 38.4 Å². The Morgan fingerprint density at radius 1 is 1.28 bits per heavy atom. The summed E-state index contributed by atoms with van der Waals surface area (Å²) in [6.45, 7) is 10.5. The van der Waals surface area contributed by atoms with Crippen molar-refractivity contribution in [2.24, 2.45) is 0 Å². The van der Waals surface area contributed by atoms with Crippen molar-refractivity contribution in [1.82, 2.24) is 14.8 Å². The van der Waals surface area contributed by atoms with Gasteiger partial charge < -0.3 is 10.1 Å². The van der Waals surface area contributed by atoms with Crippen LogP contribution in [0.25, 0.3) is 11.4 Å². The number of anilines is 1. The first-order valence-corrected chi connectivity index (χ1v) is 11.9. The Kier molecular flexibility index (Phi) is 7.87. The molecule has 0 saturated heterocycles. The van der Waals surface area contributed by atoms with Crippen molar-refractivity contribution >= 4 is 40.0 Å². The number of nitrogens with zero attached hydrogens (tertiary/aromatic N) is 3. The van der Waals surface area contributed by atoms with Gasteiger partial charge in [-0.15, -0.1) is 28.1 Å². The normalized spacial score (nSPS) is 10.9. The van der Waals surface area contributed by atoms with Crippen LogP contribution in [0.3, 0.4) is 0 Å². The van der Waals surface area contributed by atoms with Crippen molar-refractivity contribution in [2.75, 3.05) is 18.2 Å². The Balaban J connectivity index is 1.73. The predicted molar refractivity (Wildman–Crippen MR) is 129 cm³/mol. The zero-order valence-corrected chi connectivity index (χ0v) is 20.2. The molecular formula is C23H26N4O3S2. The Labute approximate surface area is 195 Å². The van der Waals surface area contributed by atoms with E-state index in [0.29, 0.717) is 28.2 Å². The molecule has 0 atom stereocenters. The molecule has 168 valence electrons. The first kappa shape index (κ1) is 23.7. The lowest BCUT2D eigenvalue weighted by Crippen LogP contribution is -2.16. The number of carbonyl (C=O) groups is 2. The molecule has 0 spiro atoms. The minimum absolute atomic E-state index is 0.124. The third-order valence-electron chi connectivity index (χ3n) is 4.71. The van der Waals surface area contributed by atoms with Crippen molar-refractivity contribution < 1.29 is 14.3 Å². The maximum absolute atomic E-state index is 12.6. The fourth-order valence-corrected chi connectivity index (χ4v) is 4.74. The highest BCUT2D eigenvalue weighted by Crippen LogP contribution is 2.29. The Bertz CT molecular complexity index is 1120. The lowest BCUT2D eigenvalue weighted by molar-refractivity contribution is -0.113. The van der Waals surface area contributed by atoms with Crippen molar-refractivity contribution in [1.29, 1.82) is 0 Å². The van der Waals surface area contributed by atoms with Gasteiger partial charge in [0, 0.05) is 17.0 Å². The van der Waals surface area contributed by atoms with Crippen LogP contribution in [0.2, 0.25) is 0 Å². The van der Waals surface area contributed by atoms with E-state index in [9.17, 15) is 9.59 Å². The summed E-state index contributed by atoms with van der Waals surface area (Å²) in [5.74, 6) is 0.588. The van der Waals surface area contributed by atoms with E-state index < -0.39 is 5.97 Å². The summed E-state index contributed by atoms with van der Waals surface area (Å²) in [7, 11) is 1.32. The molecule has 0 saturated carbocycles. The topological polar surface area (TPSA) is 86.1 Å². The number of hydrogen-bond donors (Lipinski definition) is 1. The van der Waals surface area contributed by atoms with E-state index in [0.717, 1.165) is 16.3 Å². The molecular weight excluding hydrogens is 444 g/mol. The smallest absolute Gasteiger partial charge is 0.340 e. The van der Waals surface area contributed by atoms with Gasteiger partial charge in [0.2, 0.25) is 5.91 Å². The number of hydrogen-bond acceptors (Lipinski definition) is 7. The van der Waals surface area contributed by atoms with Crippen LogP contribution in [0.4, 0.5) is 5.00 Å². The van der Waals surface area contributed by atoms with Crippen LogP contribution in [0.15, 0.2) is 48.1 Å². The molecule has 2 heterocycles. The van der Waals surface area contributed by atoms with E-state index in [-0.39, 0.29) is 11.7 Å². The first-order valence-electron chi connectivity index (χ1n) is 10.1. The predicted octanol–water partition coefficient (Wildman–Crippen LogP) is 5.14. The average molecular weight is 471 g/mol. The van der Waals surface area contributed by atoms with E-state index in [1.165, 1.54) is 35.8 Å². The fourth-order valence-electron chi connectivity index (χ4n) is 3.08. The number of ether oxygens (including phenoxy) is 1. The standard InChI is InChI=1S/C23H26N4O3S2/c1-6-11-27-20(17-9-7-16(8-10-17)14(2)3)25-26-23(27)31-13-19(28)24-21-18(22(29)30-5)12-15(4)32-21/h6-10,12,14H,1,11,13H2,2-5H3,(H,24,28). The number of methoxy groups -OCH3 is 1. The molecule has 1 aromatic carbocycles. The molecule has 3 aromatic rings. The number of thioether (sulfide) groups is 1. The van der Waals surface area contributed by atoms with Crippen LogP contribution in [0.1, 0.15) is 40.6 Å². The van der Waals surface area contributed by atoms with E-state index in [1.807, 2.05) is 23.6 Å². The number of aromatic nitrogens is 3. The van der Waals surface area contributed by atoms with Gasteiger partial charge in [0.1, 0.15) is 5.00 Å². The number of thiophene rings is 1. The summed E-state index contributed by atoms with van der Waals surface area (Å²) >= 11 is 2.62. The molecule has 9 heteroatoms. The quantitative estimate of drug-likeness (QED) is 0.265. The molecule has 0 aliphatic carbocycles. The van der Waals surface area contributed by atoms with E-state index in [1.54, 1.807) is 12.1 Å². The first-order chi connectivity index (χ1) is 15.3. The number of aryl methyl sites for hydroxylation is 1. The van der Waals surface area contributed by atoms with Gasteiger partial charge in [-0.1, -0.05) is 56.0 Å². The van der Waals surface area contributed by atoms with Crippen LogP contribution in [0, 0.1) is 6.92 Å². The van der Waals surface area contributed by atoms with E-state index >= 15 is 0 Å². The number of carbonyl (C=O) groups excluding carboxylic acids is 2. The second kappa shape index (κ2) is 10.6. The highest BCUT2D eigenvalue weighted by molar-refractivity contribution is 7.99. The summed E-state index contributed by atoms with van der Waals surface area (Å²) < 4.78 is 6.72. The van der Waals surface area contributed by atoms with Gasteiger partial charge in [-0.05, 0) is 24.5 Å². The van der Waals surface area contributed by atoms with Gasteiger partial charge in [0.25, 0.3) is 0 Å². The fraction of sp³-hybridized carbons (Fsp3) is 0.304. The van der Waals surface area contributed by atoms with Crippen molar-refractivity contribution in [3.8, 4) is 11.4 Å². The maximum atomic E-state index is 12.6. The zero-order valence-electron chi connectivity index (χ0n) is 18.5. The Morgan fingerprint density at radius 2 is 2.00 bits per heavy atom. The minimum atomic E-state index is -0.476. The minimum Gasteiger partial charge on any atom is -0.465 e. The second-order valence-corrected chi connectivity index (χ2v) is 9.61. The lowest BCUT2D eigenvalue weighted by Gasteiger charge is -2.10. The van der Waals surface area contributed by atoms with Crippen LogP contribution >= 0.6 is 23.1 Å². The molecule has 3 rings (SSSR count). The maximum Gasteiger partial charge on any atom is 0.340 e. The van der Waals surface area contributed by atoms with Gasteiger partial charge in [-0.25, -0.2) is 4.79 Å². The lowest BCUT2D eigenvalue weighted by atomic mass is 10.0. The molecule has 0 aliphatic heterocycles. The molecule has 2 aromatic heterocycles. The highest BCUT2D eigenvalue weighted by Gasteiger charge is 2.19. The molecule has 0 fully saturated rings. The number of rotatable bonds is 9. The largest absolute Gasteiger partial charge is 0.465 e. The van der Waals surface area contributed by atoms with Gasteiger partial charge >= 0.3 is 5.97 Å². The summed E-state index contributed by atoms with van der Waals surface area (Å²) in [5, 5.41) is 12.5. The molecule has 7 nitrogen and oxygen atoms in total. The molecule has 1 amide bonds. The van der Waals surface area contributed by atoms with Crippen molar-refractivity contribution in [3.63, 3.8) is 0 Å². The third-order valence-corrected chi connectivity index (χ3v) is 6.64. The molecule has 0 aliphatic rings. The van der Waals surface area contributed by atoms with Crippen LogP contribution in [-0.4, -0.2) is 39.5 Å². The number of nitrogens with one attached hydrogen (secondary N) is 1. The summed E-state index contributed by atoms with van der Waals surface area (Å²) in [4.78, 5) is 25.4. The third kappa shape index (κ3) is 5.46. The highest BCUT2D eigenvalue weighted by atomic mass is 32.2. The van der Waals surface area contributed by atoms with Gasteiger partial charge in [-0.3, -0.25) is 9.36 Å². The zero-order chi connectivity index (χ0) is 23.3. The van der Waals surface area contributed by atoms with Gasteiger partial charge in [0.15, 0.2) is 11.0 Å². The van der Waals surface area contributed by atoms with Gasteiger partial charge in [0.05, 0.1) is 18.4 Å². The van der Waals surface area contributed by atoms with Crippen LogP contribution < -0.4 is 5.32 Å². The number of esters is 1. The van der Waals surface area contributed by atoms with E-state index in [2.05, 4.69) is 48.1 Å². The molecule has 1 N–H and O–H groups in total. The van der Waals surface area contributed by atoms with Crippen molar-refractivity contribution in [3.05, 3.63) is 59.0 Å². The monoisotopic (exact) mass is 470 g/mol. The van der Waals surface area contributed by atoms with Gasteiger partial charge in [-0.2, -0.15) is 0 Å². The van der Waals surface area contributed by atoms with Crippen LogP contribution in [0.5, 0.6) is 0 Å². The summed E-state index contributed by atoms with van der Waals surface area (Å²) in [6, 6.07) is 9.96. The number of benzene rings is 1. The summed E-state index contributed by atoms with van der Waals surface area (Å²) in [5.41, 5.74) is 2.57. The van der Waals surface area contributed by atoms with Crippen LogP contribution in [-0.2, 0) is 16.1 Å². The Morgan fingerprint density at radius 3 is 2.62 bits per heavy atom. The number of allylic oxidation sites excluding steroid dienone is 1. The summed E-state index contributed by atoms with van der Waals surface area (Å²) in [6.07, 6.45) is 1.77. The average Bonchev–Trinajstić information content (AvgIpc) is 3.35. The van der Waals surface area contributed by atoms with E-state index in [4.69, 9.17) is 4.74 Å². The Hall–Kier alpha value is -2.91. The molecule has 32 heavy (non-hydrogen) atoms. The molecule has 0 unspecified atom stereocenters.